The molecule has 0 saturated carbocycles. The molecule has 3 aromatic rings. The Morgan fingerprint density at radius 2 is 1.89 bits per heavy atom. The molecule has 4 heterocycles. The Labute approximate surface area is 255 Å². The van der Waals surface area contributed by atoms with E-state index in [4.69, 9.17) is 14.2 Å². The number of nitrogens with one attached hydrogen (secondary N) is 1. The highest BCUT2D eigenvalue weighted by Crippen LogP contribution is 2.52. The van der Waals surface area contributed by atoms with Gasteiger partial charge in [-0.1, -0.05) is 30.3 Å². The van der Waals surface area contributed by atoms with Gasteiger partial charge in [-0.2, -0.15) is 0 Å². The zero-order valence-electron chi connectivity index (χ0n) is 24.0. The maximum atomic E-state index is 14.3. The summed E-state index contributed by atoms with van der Waals surface area (Å²) in [6, 6.07) is 9.34. The van der Waals surface area contributed by atoms with Crippen LogP contribution in [-0.2, 0) is 22.6 Å². The van der Waals surface area contributed by atoms with Gasteiger partial charge in [0.25, 0.3) is 11.8 Å². The van der Waals surface area contributed by atoms with Gasteiger partial charge in [0.1, 0.15) is 34.6 Å². The van der Waals surface area contributed by atoms with Gasteiger partial charge in [-0.15, -0.1) is 11.8 Å². The van der Waals surface area contributed by atoms with Gasteiger partial charge < -0.3 is 29.0 Å². The van der Waals surface area contributed by atoms with Crippen molar-refractivity contribution < 1.29 is 37.0 Å². The zero-order valence-corrected chi connectivity index (χ0v) is 24.8. The van der Waals surface area contributed by atoms with E-state index >= 15 is 0 Å². The molecule has 6 rings (SSSR count). The first-order valence-corrected chi connectivity index (χ1v) is 15.1. The van der Waals surface area contributed by atoms with Crippen LogP contribution in [0.1, 0.15) is 57.8 Å². The van der Waals surface area contributed by atoms with E-state index in [-0.39, 0.29) is 36.2 Å². The number of aromatic nitrogens is 1. The summed E-state index contributed by atoms with van der Waals surface area (Å²) in [6.45, 7) is 1.49. The Hall–Kier alpha value is -3.81. The van der Waals surface area contributed by atoms with Crippen molar-refractivity contribution in [2.75, 3.05) is 19.4 Å². The molecule has 9 nitrogen and oxygen atoms in total. The van der Waals surface area contributed by atoms with Gasteiger partial charge >= 0.3 is 0 Å². The molecule has 1 N–H and O–H groups in total. The maximum absolute atomic E-state index is 14.3. The summed E-state index contributed by atoms with van der Waals surface area (Å²) < 4.78 is 61.5. The molecular weight excluding hydrogens is 599 g/mol. The lowest BCUT2D eigenvalue weighted by molar-refractivity contribution is -0.155. The molecule has 1 aromatic heterocycles. The number of hydrogen-bond donors (Lipinski definition) is 1. The summed E-state index contributed by atoms with van der Waals surface area (Å²) in [7, 11) is 1.55. The minimum atomic E-state index is -1.18. The van der Waals surface area contributed by atoms with Crippen LogP contribution in [0.2, 0.25) is 0 Å². The predicted octanol–water partition coefficient (Wildman–Crippen LogP) is 4.39. The lowest BCUT2D eigenvalue weighted by Crippen LogP contribution is -2.52. The van der Waals surface area contributed by atoms with Crippen LogP contribution >= 0.6 is 11.8 Å². The lowest BCUT2D eigenvalue weighted by Gasteiger charge is -2.42. The molecule has 44 heavy (non-hydrogen) atoms. The number of ether oxygens (including phenoxy) is 3. The van der Waals surface area contributed by atoms with Crippen molar-refractivity contribution >= 4 is 23.6 Å². The SMILES string of the molecule is CO[C@H]1CS[C@]2(CC[C@H](C)N3C[C@@H]2n2cc(C(=O)NCc4c(F)cc(F)cc4F)c(=O)c(OCc4ccccc4)c2C3=O)O1. The number of halogens is 3. The fraction of sp³-hybridized carbons (Fsp3) is 0.387. The van der Waals surface area contributed by atoms with Crippen LogP contribution in [-0.4, -0.2) is 58.0 Å². The number of rotatable bonds is 7. The molecule has 4 atom stereocenters. The number of carbonyl (C=O) groups excluding carboxylic acids is 2. The molecule has 0 unspecified atom stereocenters. The minimum absolute atomic E-state index is 0.00690. The normalized spacial score (nSPS) is 24.2. The fourth-order valence-corrected chi connectivity index (χ4v) is 7.41. The van der Waals surface area contributed by atoms with Crippen LogP contribution in [0.25, 0.3) is 0 Å². The van der Waals surface area contributed by atoms with Gasteiger partial charge in [0.2, 0.25) is 5.43 Å². The summed E-state index contributed by atoms with van der Waals surface area (Å²) >= 11 is 1.55. The largest absolute Gasteiger partial charge is 0.483 e. The van der Waals surface area contributed by atoms with Crippen molar-refractivity contribution in [3.8, 4) is 5.75 Å². The highest BCUT2D eigenvalue weighted by atomic mass is 32.2. The Bertz CT molecular complexity index is 1650. The monoisotopic (exact) mass is 629 g/mol. The van der Waals surface area contributed by atoms with Crippen LogP contribution in [0.4, 0.5) is 13.2 Å². The van der Waals surface area contributed by atoms with Crippen molar-refractivity contribution in [2.45, 2.75) is 56.2 Å². The van der Waals surface area contributed by atoms with E-state index < -0.39 is 64.1 Å². The van der Waals surface area contributed by atoms with E-state index in [9.17, 15) is 27.6 Å². The molecule has 3 aliphatic heterocycles. The molecule has 2 aromatic carbocycles. The third-order valence-corrected chi connectivity index (χ3v) is 9.87. The molecule has 1 spiro atoms. The number of thioether (sulfide) groups is 1. The zero-order chi connectivity index (χ0) is 31.2. The van der Waals surface area contributed by atoms with Gasteiger partial charge in [-0.05, 0) is 25.3 Å². The van der Waals surface area contributed by atoms with Crippen LogP contribution in [0.5, 0.6) is 5.75 Å². The quantitative estimate of drug-likeness (QED) is 0.414. The topological polar surface area (TPSA) is 99.1 Å². The average molecular weight is 630 g/mol. The van der Waals surface area contributed by atoms with Gasteiger partial charge in [0.15, 0.2) is 17.7 Å². The molecule has 2 saturated heterocycles. The molecule has 2 bridgehead atoms. The smallest absolute Gasteiger partial charge is 0.274 e. The number of pyridine rings is 1. The maximum Gasteiger partial charge on any atom is 0.274 e. The van der Waals surface area contributed by atoms with E-state index in [2.05, 4.69) is 5.32 Å². The first-order valence-electron chi connectivity index (χ1n) is 14.1. The minimum Gasteiger partial charge on any atom is -0.483 e. The van der Waals surface area contributed by atoms with Crippen LogP contribution in [0.15, 0.2) is 53.5 Å². The lowest BCUT2D eigenvalue weighted by atomic mass is 10.0. The number of carbonyl (C=O) groups is 2. The van der Waals surface area contributed by atoms with Crippen LogP contribution < -0.4 is 15.5 Å². The Morgan fingerprint density at radius 3 is 2.57 bits per heavy atom. The van der Waals surface area contributed by atoms with E-state index in [1.165, 1.54) is 6.20 Å². The standard InChI is InChI=1S/C31H30F3N3O6S/c1-17-8-9-31(43-25(41-2)16-44-31)24-14-36(17)30(40)26-28(42-15-18-6-4-3-5-7-18)27(38)21(13-37(24)26)29(39)35-12-20-22(33)10-19(32)11-23(20)34/h3-7,10-11,13,17,24-25H,8-9,12,14-16H2,1-2H3,(H,35,39)/t17-,24-,25+,31-/m0/s1. The first kappa shape index (κ1) is 30.2. The van der Waals surface area contributed by atoms with Crippen molar-refractivity contribution in [3.63, 3.8) is 0 Å². The summed E-state index contributed by atoms with van der Waals surface area (Å²) in [5.74, 6) is -4.59. The second-order valence-electron chi connectivity index (χ2n) is 11.0. The molecule has 0 radical (unpaired) electrons. The molecule has 0 aliphatic carbocycles. The molecule has 13 heteroatoms. The first-order chi connectivity index (χ1) is 21.1. The van der Waals surface area contributed by atoms with E-state index in [1.807, 2.05) is 13.0 Å². The van der Waals surface area contributed by atoms with Crippen molar-refractivity contribution in [3.05, 3.63) is 98.7 Å². The van der Waals surface area contributed by atoms with Crippen molar-refractivity contribution in [2.24, 2.45) is 0 Å². The number of hydrogen-bond acceptors (Lipinski definition) is 7. The molecule has 3 aliphatic rings. The number of fused-ring (bicyclic) bond motifs is 5. The van der Waals surface area contributed by atoms with Crippen LogP contribution in [0.3, 0.4) is 0 Å². The van der Waals surface area contributed by atoms with Gasteiger partial charge in [0.05, 0.1) is 6.04 Å². The van der Waals surface area contributed by atoms with Gasteiger partial charge in [0, 0.05) is 55.9 Å². The summed E-state index contributed by atoms with van der Waals surface area (Å²) in [5, 5.41) is 2.37. The number of nitrogens with zero attached hydrogens (tertiary/aromatic N) is 2. The predicted molar refractivity (Wildman–Crippen MR) is 155 cm³/mol. The highest BCUT2D eigenvalue weighted by Gasteiger charge is 2.54. The van der Waals surface area contributed by atoms with Crippen molar-refractivity contribution in [1.82, 2.24) is 14.8 Å². The molecular formula is C31H30F3N3O6S. The van der Waals surface area contributed by atoms with Crippen LogP contribution in [0, 0.1) is 17.5 Å². The van der Waals surface area contributed by atoms with Gasteiger partial charge in [-0.3, -0.25) is 14.4 Å². The van der Waals surface area contributed by atoms with E-state index in [0.717, 1.165) is 5.56 Å². The Morgan fingerprint density at radius 1 is 1.16 bits per heavy atom. The highest BCUT2D eigenvalue weighted by molar-refractivity contribution is 8.00. The summed E-state index contributed by atoms with van der Waals surface area (Å²) in [6.07, 6.45) is 2.01. The van der Waals surface area contributed by atoms with E-state index in [0.29, 0.717) is 30.7 Å². The molecule has 232 valence electrons. The fourth-order valence-electron chi connectivity index (χ4n) is 5.97. The number of benzene rings is 2. The summed E-state index contributed by atoms with van der Waals surface area (Å²) in [4.78, 5) is 42.2. The average Bonchev–Trinajstić information content (AvgIpc) is 3.38. The Kier molecular flexibility index (Phi) is 8.20. The number of amides is 2. The molecule has 2 amide bonds. The second-order valence-corrected chi connectivity index (χ2v) is 12.3. The second kappa shape index (κ2) is 11.9. The van der Waals surface area contributed by atoms with Crippen molar-refractivity contribution in [1.29, 1.82) is 0 Å². The van der Waals surface area contributed by atoms with E-state index in [1.54, 1.807) is 52.6 Å². The Balaban J connectivity index is 1.45. The third kappa shape index (κ3) is 5.37. The molecule has 2 fully saturated rings. The number of methoxy groups -OCH3 is 1. The third-order valence-electron chi connectivity index (χ3n) is 8.37. The summed E-state index contributed by atoms with van der Waals surface area (Å²) in [5.41, 5.74) is -1.09. The van der Waals surface area contributed by atoms with Gasteiger partial charge in [-0.25, -0.2) is 13.2 Å².